The lowest BCUT2D eigenvalue weighted by molar-refractivity contribution is 0.101. The number of carbonyl (C=O) groups is 1. The van der Waals surface area contributed by atoms with Gasteiger partial charge in [-0.3, -0.25) is 14.2 Å². The van der Waals surface area contributed by atoms with Crippen LogP contribution < -0.4 is 11.1 Å². The van der Waals surface area contributed by atoms with E-state index in [2.05, 4.69) is 15.5 Å². The van der Waals surface area contributed by atoms with Gasteiger partial charge in [-0.15, -0.1) is 0 Å². The predicted octanol–water partition coefficient (Wildman–Crippen LogP) is 0.954. The summed E-state index contributed by atoms with van der Waals surface area (Å²) >= 11 is 0. The Labute approximate surface area is 105 Å². The number of nitrogens with zero attached hydrogens (tertiary/aromatic N) is 4. The molecule has 0 saturated heterocycles. The van der Waals surface area contributed by atoms with E-state index in [0.717, 1.165) is 6.54 Å². The van der Waals surface area contributed by atoms with Crippen LogP contribution in [0.25, 0.3) is 0 Å². The second-order valence-electron chi connectivity index (χ2n) is 3.78. The Balaban J connectivity index is 2.18. The van der Waals surface area contributed by atoms with Crippen LogP contribution in [0.4, 0.5) is 11.5 Å². The maximum Gasteiger partial charge on any atom is 0.277 e. The fourth-order valence-electron chi connectivity index (χ4n) is 1.67. The van der Waals surface area contributed by atoms with Gasteiger partial charge in [-0.25, -0.2) is 0 Å². The van der Waals surface area contributed by atoms with Crippen molar-refractivity contribution in [2.75, 3.05) is 11.1 Å². The Hall–Kier alpha value is -2.31. The highest BCUT2D eigenvalue weighted by atomic mass is 16.2. The van der Waals surface area contributed by atoms with Gasteiger partial charge in [-0.05, 0) is 13.8 Å². The molecule has 2 aromatic heterocycles. The van der Waals surface area contributed by atoms with Crippen LogP contribution in [0.3, 0.4) is 0 Å². The van der Waals surface area contributed by atoms with Gasteiger partial charge in [0, 0.05) is 25.4 Å². The zero-order valence-corrected chi connectivity index (χ0v) is 10.4. The van der Waals surface area contributed by atoms with Crippen LogP contribution in [0.2, 0.25) is 0 Å². The minimum absolute atomic E-state index is 0.298. The van der Waals surface area contributed by atoms with Gasteiger partial charge in [0.1, 0.15) is 5.69 Å². The van der Waals surface area contributed by atoms with Crippen molar-refractivity contribution in [2.24, 2.45) is 0 Å². The van der Waals surface area contributed by atoms with E-state index in [4.69, 9.17) is 5.73 Å². The summed E-state index contributed by atoms with van der Waals surface area (Å²) in [5.74, 6) is 0.207. The molecule has 0 aliphatic rings. The van der Waals surface area contributed by atoms with E-state index >= 15 is 0 Å². The van der Waals surface area contributed by atoms with Crippen molar-refractivity contribution in [2.45, 2.75) is 26.9 Å². The van der Waals surface area contributed by atoms with Gasteiger partial charge in [0.05, 0.1) is 11.9 Å². The normalized spacial score (nSPS) is 10.6. The zero-order valence-electron chi connectivity index (χ0n) is 10.4. The standard InChI is InChI=1S/C11H16N6O/c1-3-16-6-5-9(15-16)14-11(18)10-8(12)7-13-17(10)4-2/h5-7H,3-4,12H2,1-2H3,(H,14,15,18). The molecule has 7 nitrogen and oxygen atoms in total. The minimum Gasteiger partial charge on any atom is -0.396 e. The molecule has 3 N–H and O–H groups in total. The number of amides is 1. The molecular weight excluding hydrogens is 232 g/mol. The van der Waals surface area contributed by atoms with Crippen LogP contribution >= 0.6 is 0 Å². The molecule has 96 valence electrons. The van der Waals surface area contributed by atoms with Crippen molar-refractivity contribution >= 4 is 17.4 Å². The molecule has 0 aliphatic heterocycles. The summed E-state index contributed by atoms with van der Waals surface area (Å²) in [4.78, 5) is 12.1. The van der Waals surface area contributed by atoms with E-state index in [1.165, 1.54) is 6.20 Å². The van der Waals surface area contributed by atoms with E-state index in [1.54, 1.807) is 21.6 Å². The molecule has 2 aromatic rings. The lowest BCUT2D eigenvalue weighted by Crippen LogP contribution is -2.19. The Bertz CT molecular complexity index is 556. The molecule has 0 atom stereocenters. The Morgan fingerprint density at radius 1 is 1.44 bits per heavy atom. The Morgan fingerprint density at radius 3 is 2.83 bits per heavy atom. The average Bonchev–Trinajstić information content (AvgIpc) is 2.95. The molecule has 0 unspecified atom stereocenters. The molecular formula is C11H16N6O. The van der Waals surface area contributed by atoms with E-state index in [9.17, 15) is 4.79 Å². The van der Waals surface area contributed by atoms with Gasteiger partial charge in [-0.2, -0.15) is 10.2 Å². The molecule has 2 rings (SSSR count). The third kappa shape index (κ3) is 2.20. The van der Waals surface area contributed by atoms with Crippen molar-refractivity contribution in [3.8, 4) is 0 Å². The first-order valence-corrected chi connectivity index (χ1v) is 5.81. The van der Waals surface area contributed by atoms with Crippen LogP contribution in [-0.4, -0.2) is 25.5 Å². The second-order valence-corrected chi connectivity index (χ2v) is 3.78. The van der Waals surface area contributed by atoms with Crippen LogP contribution in [0.5, 0.6) is 0 Å². The SMILES string of the molecule is CCn1ccc(NC(=O)c2c(N)cnn2CC)n1. The first-order valence-electron chi connectivity index (χ1n) is 5.81. The summed E-state index contributed by atoms with van der Waals surface area (Å²) in [5, 5.41) is 10.9. The highest BCUT2D eigenvalue weighted by Gasteiger charge is 2.16. The van der Waals surface area contributed by atoms with Gasteiger partial charge >= 0.3 is 0 Å². The lowest BCUT2D eigenvalue weighted by atomic mass is 10.3. The molecule has 0 aromatic carbocycles. The second kappa shape index (κ2) is 4.91. The average molecular weight is 248 g/mol. The highest BCUT2D eigenvalue weighted by Crippen LogP contribution is 2.13. The summed E-state index contributed by atoms with van der Waals surface area (Å²) < 4.78 is 3.29. The first-order chi connectivity index (χ1) is 8.65. The Morgan fingerprint density at radius 2 is 2.22 bits per heavy atom. The summed E-state index contributed by atoms with van der Waals surface area (Å²) in [6.45, 7) is 5.21. The number of nitrogens with one attached hydrogen (secondary N) is 1. The molecule has 18 heavy (non-hydrogen) atoms. The van der Waals surface area contributed by atoms with Crippen LogP contribution in [0.15, 0.2) is 18.5 Å². The van der Waals surface area contributed by atoms with E-state index in [1.807, 2.05) is 13.8 Å². The number of aromatic nitrogens is 4. The third-order valence-corrected chi connectivity index (χ3v) is 2.59. The van der Waals surface area contributed by atoms with Crippen LogP contribution in [0.1, 0.15) is 24.3 Å². The summed E-state index contributed by atoms with van der Waals surface area (Å²) in [5.41, 5.74) is 6.46. The summed E-state index contributed by atoms with van der Waals surface area (Å²) in [6.07, 6.45) is 3.28. The highest BCUT2D eigenvalue weighted by molar-refractivity contribution is 6.05. The number of rotatable bonds is 4. The summed E-state index contributed by atoms with van der Waals surface area (Å²) in [6, 6.07) is 1.74. The molecule has 0 radical (unpaired) electrons. The van der Waals surface area contributed by atoms with Crippen LogP contribution in [-0.2, 0) is 13.1 Å². The monoisotopic (exact) mass is 248 g/mol. The van der Waals surface area contributed by atoms with Crippen molar-refractivity contribution in [3.05, 3.63) is 24.2 Å². The molecule has 0 spiro atoms. The third-order valence-electron chi connectivity index (χ3n) is 2.59. The molecule has 0 bridgehead atoms. The smallest absolute Gasteiger partial charge is 0.277 e. The maximum atomic E-state index is 12.1. The number of anilines is 2. The van der Waals surface area contributed by atoms with Gasteiger partial charge in [0.15, 0.2) is 5.82 Å². The van der Waals surface area contributed by atoms with Gasteiger partial charge < -0.3 is 11.1 Å². The number of hydrogen-bond acceptors (Lipinski definition) is 4. The molecule has 2 heterocycles. The summed E-state index contributed by atoms with van der Waals surface area (Å²) in [7, 11) is 0. The molecule has 1 amide bonds. The first kappa shape index (κ1) is 12.2. The minimum atomic E-state index is -0.298. The van der Waals surface area contributed by atoms with Gasteiger partial charge in [0.2, 0.25) is 0 Å². The fourth-order valence-corrected chi connectivity index (χ4v) is 1.67. The number of nitrogen functional groups attached to an aromatic ring is 1. The van der Waals surface area contributed by atoms with E-state index < -0.39 is 0 Å². The zero-order chi connectivity index (χ0) is 13.1. The Kier molecular flexibility index (Phi) is 3.31. The van der Waals surface area contributed by atoms with Crippen molar-refractivity contribution in [3.63, 3.8) is 0 Å². The maximum absolute atomic E-state index is 12.1. The number of carbonyl (C=O) groups excluding carboxylic acids is 1. The predicted molar refractivity (Wildman–Crippen MR) is 68.2 cm³/mol. The van der Waals surface area contributed by atoms with Crippen molar-refractivity contribution < 1.29 is 4.79 Å². The lowest BCUT2D eigenvalue weighted by Gasteiger charge is -2.05. The fraction of sp³-hybridized carbons (Fsp3) is 0.364. The van der Waals surface area contributed by atoms with Crippen molar-refractivity contribution in [1.82, 2.24) is 19.6 Å². The number of hydrogen-bond donors (Lipinski definition) is 2. The van der Waals surface area contributed by atoms with E-state index in [-0.39, 0.29) is 5.91 Å². The quantitative estimate of drug-likeness (QED) is 0.843. The number of nitrogens with two attached hydrogens (primary N) is 1. The number of aryl methyl sites for hydroxylation is 2. The van der Waals surface area contributed by atoms with Crippen molar-refractivity contribution in [1.29, 1.82) is 0 Å². The molecule has 0 saturated carbocycles. The molecule has 0 aliphatic carbocycles. The van der Waals surface area contributed by atoms with Gasteiger partial charge in [-0.1, -0.05) is 0 Å². The largest absolute Gasteiger partial charge is 0.396 e. The van der Waals surface area contributed by atoms with E-state index in [0.29, 0.717) is 23.7 Å². The topological polar surface area (TPSA) is 90.8 Å². The molecule has 0 fully saturated rings. The van der Waals surface area contributed by atoms with Gasteiger partial charge in [0.25, 0.3) is 5.91 Å². The molecule has 7 heteroatoms. The van der Waals surface area contributed by atoms with Crippen LogP contribution in [0, 0.1) is 0 Å².